The van der Waals surface area contributed by atoms with Crippen molar-refractivity contribution in [3.8, 4) is 5.75 Å². The number of rotatable bonds is 3. The van der Waals surface area contributed by atoms with E-state index in [1.165, 1.54) is 0 Å². The Hall–Kier alpha value is -1.78. The van der Waals surface area contributed by atoms with Crippen LogP contribution in [0.5, 0.6) is 5.75 Å². The van der Waals surface area contributed by atoms with E-state index in [-0.39, 0.29) is 12.0 Å². The zero-order valence-electron chi connectivity index (χ0n) is 12.4. The summed E-state index contributed by atoms with van der Waals surface area (Å²) in [6.07, 6.45) is 5.09. The maximum Gasteiger partial charge on any atom is 0.253 e. The lowest BCUT2D eigenvalue weighted by Crippen LogP contribution is -2.41. The van der Waals surface area contributed by atoms with Crippen LogP contribution >= 0.6 is 23.2 Å². The maximum absolute atomic E-state index is 12.5. The fourth-order valence-corrected chi connectivity index (χ4v) is 3.17. The molecule has 6 heteroatoms. The second-order valence-electron chi connectivity index (χ2n) is 5.46. The molecule has 23 heavy (non-hydrogen) atoms. The molecule has 1 fully saturated rings. The Kier molecular flexibility index (Phi) is 5.03. The van der Waals surface area contributed by atoms with Crippen molar-refractivity contribution >= 4 is 29.1 Å². The molecule has 1 aliphatic rings. The van der Waals surface area contributed by atoms with E-state index >= 15 is 0 Å². The standard InChI is InChI=1S/C17H16Cl2N2O2/c18-13-8-12(9-14(19)10-13)17(22)21-6-3-15(4-7-21)23-16-2-1-5-20-11-16/h1-2,5,8-11,15H,3-4,6-7H2. The van der Waals surface area contributed by atoms with Gasteiger partial charge in [0, 0.05) is 47.7 Å². The summed E-state index contributed by atoms with van der Waals surface area (Å²) in [5.41, 5.74) is 0.522. The van der Waals surface area contributed by atoms with Gasteiger partial charge in [-0.2, -0.15) is 0 Å². The van der Waals surface area contributed by atoms with E-state index < -0.39 is 0 Å². The van der Waals surface area contributed by atoms with Crippen LogP contribution in [0, 0.1) is 0 Å². The molecule has 0 saturated carbocycles. The first-order valence-corrected chi connectivity index (χ1v) is 8.19. The number of carbonyl (C=O) groups is 1. The molecule has 0 N–H and O–H groups in total. The third-order valence-corrected chi connectivity index (χ3v) is 4.21. The molecule has 0 radical (unpaired) electrons. The highest BCUT2D eigenvalue weighted by molar-refractivity contribution is 6.35. The summed E-state index contributed by atoms with van der Waals surface area (Å²) in [4.78, 5) is 18.4. The van der Waals surface area contributed by atoms with Crippen LogP contribution in [0.3, 0.4) is 0 Å². The van der Waals surface area contributed by atoms with Crippen LogP contribution < -0.4 is 4.74 Å². The summed E-state index contributed by atoms with van der Waals surface area (Å²) in [7, 11) is 0. The molecule has 2 heterocycles. The number of halogens is 2. The van der Waals surface area contributed by atoms with E-state index in [1.54, 1.807) is 30.6 Å². The van der Waals surface area contributed by atoms with Gasteiger partial charge in [-0.1, -0.05) is 23.2 Å². The van der Waals surface area contributed by atoms with E-state index in [2.05, 4.69) is 4.98 Å². The van der Waals surface area contributed by atoms with Crippen LogP contribution in [0.2, 0.25) is 10.0 Å². The monoisotopic (exact) mass is 350 g/mol. The van der Waals surface area contributed by atoms with Crippen LogP contribution in [0.4, 0.5) is 0 Å². The molecule has 3 rings (SSSR count). The molecule has 2 aromatic rings. The fourth-order valence-electron chi connectivity index (χ4n) is 2.65. The Morgan fingerprint density at radius 3 is 2.48 bits per heavy atom. The molecular weight excluding hydrogens is 335 g/mol. The number of carbonyl (C=O) groups excluding carboxylic acids is 1. The highest BCUT2D eigenvalue weighted by atomic mass is 35.5. The molecule has 0 atom stereocenters. The number of amides is 1. The Balaban J connectivity index is 1.59. The summed E-state index contributed by atoms with van der Waals surface area (Å²) < 4.78 is 5.88. The number of pyridine rings is 1. The quantitative estimate of drug-likeness (QED) is 0.837. The molecule has 120 valence electrons. The molecule has 0 unspecified atom stereocenters. The Labute approximate surface area is 145 Å². The smallest absolute Gasteiger partial charge is 0.253 e. The summed E-state index contributed by atoms with van der Waals surface area (Å²) in [5.74, 6) is 0.716. The van der Waals surface area contributed by atoms with E-state index in [4.69, 9.17) is 27.9 Å². The topological polar surface area (TPSA) is 42.4 Å². The number of hydrogen-bond donors (Lipinski definition) is 0. The summed E-state index contributed by atoms with van der Waals surface area (Å²) >= 11 is 11.9. The van der Waals surface area contributed by atoms with Gasteiger partial charge >= 0.3 is 0 Å². The van der Waals surface area contributed by atoms with Crippen molar-refractivity contribution in [1.82, 2.24) is 9.88 Å². The number of piperidine rings is 1. The normalized spacial score (nSPS) is 15.5. The average molecular weight is 351 g/mol. The van der Waals surface area contributed by atoms with Gasteiger partial charge in [0.15, 0.2) is 0 Å². The molecule has 1 aromatic heterocycles. The number of likely N-dealkylation sites (tertiary alicyclic amines) is 1. The lowest BCUT2D eigenvalue weighted by molar-refractivity contribution is 0.0595. The van der Waals surface area contributed by atoms with Gasteiger partial charge in [0.1, 0.15) is 11.9 Å². The largest absolute Gasteiger partial charge is 0.489 e. The number of aromatic nitrogens is 1. The molecule has 0 spiro atoms. The second-order valence-corrected chi connectivity index (χ2v) is 6.33. The van der Waals surface area contributed by atoms with Gasteiger partial charge in [-0.05, 0) is 30.3 Å². The summed E-state index contributed by atoms with van der Waals surface area (Å²) in [6, 6.07) is 8.64. The highest BCUT2D eigenvalue weighted by Gasteiger charge is 2.25. The third kappa shape index (κ3) is 4.15. The zero-order chi connectivity index (χ0) is 16.2. The van der Waals surface area contributed by atoms with Crippen molar-refractivity contribution < 1.29 is 9.53 Å². The Bertz CT molecular complexity index is 666. The minimum absolute atomic E-state index is 0.0470. The van der Waals surface area contributed by atoms with Crippen molar-refractivity contribution in [2.24, 2.45) is 0 Å². The third-order valence-electron chi connectivity index (χ3n) is 3.78. The van der Waals surface area contributed by atoms with Crippen LogP contribution in [-0.4, -0.2) is 35.0 Å². The van der Waals surface area contributed by atoms with Crippen LogP contribution in [-0.2, 0) is 0 Å². The Morgan fingerprint density at radius 1 is 1.17 bits per heavy atom. The van der Waals surface area contributed by atoms with Gasteiger partial charge in [-0.3, -0.25) is 9.78 Å². The predicted octanol–water partition coefficient (Wildman–Crippen LogP) is 4.07. The molecule has 1 amide bonds. The van der Waals surface area contributed by atoms with Crippen molar-refractivity contribution in [3.05, 3.63) is 58.3 Å². The number of benzene rings is 1. The van der Waals surface area contributed by atoms with Crippen LogP contribution in [0.1, 0.15) is 23.2 Å². The minimum atomic E-state index is -0.0470. The van der Waals surface area contributed by atoms with Crippen molar-refractivity contribution in [2.45, 2.75) is 18.9 Å². The summed E-state index contributed by atoms with van der Waals surface area (Å²) in [5, 5.41) is 0.936. The van der Waals surface area contributed by atoms with Gasteiger partial charge in [-0.15, -0.1) is 0 Å². The number of ether oxygens (including phenoxy) is 1. The van der Waals surface area contributed by atoms with E-state index in [0.29, 0.717) is 28.7 Å². The van der Waals surface area contributed by atoms with Crippen molar-refractivity contribution in [3.63, 3.8) is 0 Å². The number of nitrogens with zero attached hydrogens (tertiary/aromatic N) is 2. The Morgan fingerprint density at radius 2 is 1.87 bits per heavy atom. The first-order chi connectivity index (χ1) is 11.1. The van der Waals surface area contributed by atoms with Gasteiger partial charge < -0.3 is 9.64 Å². The molecule has 0 bridgehead atoms. The van der Waals surface area contributed by atoms with Gasteiger partial charge in [0.2, 0.25) is 0 Å². The molecule has 0 aliphatic carbocycles. The van der Waals surface area contributed by atoms with Gasteiger partial charge in [0.05, 0.1) is 6.20 Å². The molecule has 1 aliphatic heterocycles. The molecular formula is C17H16Cl2N2O2. The van der Waals surface area contributed by atoms with Crippen LogP contribution in [0.25, 0.3) is 0 Å². The van der Waals surface area contributed by atoms with E-state index in [0.717, 1.165) is 18.6 Å². The SMILES string of the molecule is O=C(c1cc(Cl)cc(Cl)c1)N1CCC(Oc2cccnc2)CC1. The second kappa shape index (κ2) is 7.20. The first kappa shape index (κ1) is 16.1. The number of hydrogen-bond acceptors (Lipinski definition) is 3. The molecule has 4 nitrogen and oxygen atoms in total. The first-order valence-electron chi connectivity index (χ1n) is 7.44. The molecule has 1 aromatic carbocycles. The van der Waals surface area contributed by atoms with Crippen molar-refractivity contribution in [1.29, 1.82) is 0 Å². The lowest BCUT2D eigenvalue weighted by atomic mass is 10.1. The van der Waals surface area contributed by atoms with Gasteiger partial charge in [0.25, 0.3) is 5.91 Å². The van der Waals surface area contributed by atoms with Crippen molar-refractivity contribution in [2.75, 3.05) is 13.1 Å². The van der Waals surface area contributed by atoms with E-state index in [1.807, 2.05) is 17.0 Å². The highest BCUT2D eigenvalue weighted by Crippen LogP contribution is 2.23. The predicted molar refractivity (Wildman–Crippen MR) is 90.3 cm³/mol. The average Bonchev–Trinajstić information content (AvgIpc) is 2.55. The molecule has 1 saturated heterocycles. The van der Waals surface area contributed by atoms with Crippen LogP contribution in [0.15, 0.2) is 42.7 Å². The van der Waals surface area contributed by atoms with Gasteiger partial charge in [-0.25, -0.2) is 0 Å². The zero-order valence-corrected chi connectivity index (χ0v) is 13.9. The van der Waals surface area contributed by atoms with E-state index in [9.17, 15) is 4.79 Å². The maximum atomic E-state index is 12.5. The fraction of sp³-hybridized carbons (Fsp3) is 0.294. The summed E-state index contributed by atoms with van der Waals surface area (Å²) in [6.45, 7) is 1.29. The lowest BCUT2D eigenvalue weighted by Gasteiger charge is -2.32. The minimum Gasteiger partial charge on any atom is -0.489 e.